The van der Waals surface area contributed by atoms with Gasteiger partial charge in [0.2, 0.25) is 0 Å². The van der Waals surface area contributed by atoms with Crippen LogP contribution in [0.15, 0.2) is 0 Å². The summed E-state index contributed by atoms with van der Waals surface area (Å²) in [7, 11) is 2.23. The van der Waals surface area contributed by atoms with Gasteiger partial charge >= 0.3 is 0 Å². The van der Waals surface area contributed by atoms with Crippen molar-refractivity contribution in [3.8, 4) is 0 Å². The topological polar surface area (TPSA) is 3.24 Å². The van der Waals surface area contributed by atoms with Crippen molar-refractivity contribution < 1.29 is 0 Å². The minimum atomic E-state index is 0.721. The fourth-order valence-corrected chi connectivity index (χ4v) is 2.35. The number of unbranched alkanes of at least 4 members (excludes halogenated alkanes) is 2. The van der Waals surface area contributed by atoms with Crippen molar-refractivity contribution in [1.29, 1.82) is 0 Å². The Hall–Kier alpha value is 0.790. The Kier molecular flexibility index (Phi) is 9.92. The van der Waals surface area contributed by atoms with E-state index in [9.17, 15) is 0 Å². The predicted molar refractivity (Wildman–Crippen MR) is 68.1 cm³/mol. The number of thioether (sulfide) groups is 1. The highest BCUT2D eigenvalue weighted by Crippen LogP contribution is 2.06. The molecule has 0 saturated heterocycles. The van der Waals surface area contributed by atoms with Crippen LogP contribution in [-0.4, -0.2) is 41.9 Å². The van der Waals surface area contributed by atoms with E-state index in [0.29, 0.717) is 0 Å². The lowest BCUT2D eigenvalue weighted by atomic mass is 10.2. The molecule has 0 aliphatic heterocycles. The second-order valence-corrected chi connectivity index (χ2v) is 5.24. The maximum atomic E-state index is 3.45. The van der Waals surface area contributed by atoms with Gasteiger partial charge in [-0.1, -0.05) is 22.4 Å². The Balaban J connectivity index is 3.32. The van der Waals surface area contributed by atoms with E-state index in [1.165, 1.54) is 31.6 Å². The van der Waals surface area contributed by atoms with Gasteiger partial charge in [0.05, 0.1) is 0 Å². The molecule has 0 aliphatic rings. The number of halogens is 1. The van der Waals surface area contributed by atoms with Crippen LogP contribution in [0.5, 0.6) is 0 Å². The van der Waals surface area contributed by atoms with Crippen molar-refractivity contribution in [2.45, 2.75) is 32.2 Å². The molecule has 0 aromatic carbocycles. The first-order valence-corrected chi connectivity index (χ1v) is 7.49. The Bertz CT molecular complexity index is 111. The molecule has 0 aromatic heterocycles. The zero-order chi connectivity index (χ0) is 10.1. The maximum absolute atomic E-state index is 3.45. The summed E-state index contributed by atoms with van der Waals surface area (Å²) in [6.07, 6.45) is 6.17. The van der Waals surface area contributed by atoms with Crippen LogP contribution in [0.4, 0.5) is 0 Å². The first-order chi connectivity index (χ1) is 6.22. The van der Waals surface area contributed by atoms with Crippen molar-refractivity contribution in [1.82, 2.24) is 4.90 Å². The molecule has 3 heteroatoms. The molecule has 0 spiro atoms. The van der Waals surface area contributed by atoms with Crippen molar-refractivity contribution >= 4 is 27.7 Å². The summed E-state index contributed by atoms with van der Waals surface area (Å²) < 4.78 is 0. The van der Waals surface area contributed by atoms with Crippen LogP contribution >= 0.6 is 27.7 Å². The molecular formula is C10H22BrNS. The number of nitrogens with zero attached hydrogens (tertiary/aromatic N) is 1. The van der Waals surface area contributed by atoms with E-state index in [4.69, 9.17) is 0 Å². The first-order valence-electron chi connectivity index (χ1n) is 4.97. The highest BCUT2D eigenvalue weighted by molar-refractivity contribution is 9.09. The number of hydrogen-bond acceptors (Lipinski definition) is 2. The Morgan fingerprint density at radius 3 is 2.54 bits per heavy atom. The summed E-state index contributed by atoms with van der Waals surface area (Å²) in [5.74, 6) is 1.24. The van der Waals surface area contributed by atoms with Gasteiger partial charge in [-0.15, -0.1) is 0 Å². The Labute approximate surface area is 95.8 Å². The van der Waals surface area contributed by atoms with Crippen LogP contribution in [0, 0.1) is 0 Å². The lowest BCUT2D eigenvalue weighted by Gasteiger charge is -2.23. The molecule has 0 aromatic rings. The lowest BCUT2D eigenvalue weighted by Crippen LogP contribution is -2.31. The van der Waals surface area contributed by atoms with Gasteiger partial charge in [0.25, 0.3) is 0 Å². The molecule has 0 fully saturated rings. The molecular weight excluding hydrogens is 246 g/mol. The summed E-state index contributed by atoms with van der Waals surface area (Å²) in [5, 5.41) is 1.15. The van der Waals surface area contributed by atoms with Crippen molar-refractivity contribution in [2.24, 2.45) is 0 Å². The van der Waals surface area contributed by atoms with Crippen LogP contribution in [0.1, 0.15) is 26.2 Å². The SMILES string of the molecule is CSCC(C)N(C)CCCCCBr. The summed E-state index contributed by atoms with van der Waals surface area (Å²) >= 11 is 5.39. The number of alkyl halides is 1. The molecule has 1 nitrogen and oxygen atoms in total. The van der Waals surface area contributed by atoms with Gasteiger partial charge in [-0.25, -0.2) is 0 Å². The second kappa shape index (κ2) is 9.35. The highest BCUT2D eigenvalue weighted by Gasteiger charge is 2.06. The lowest BCUT2D eigenvalue weighted by molar-refractivity contribution is 0.272. The second-order valence-electron chi connectivity index (χ2n) is 3.53. The standard InChI is InChI=1S/C10H22BrNS/c1-10(9-13-3)12(2)8-6-4-5-7-11/h10H,4-9H2,1-3H3. The van der Waals surface area contributed by atoms with E-state index in [1.807, 2.05) is 11.8 Å². The summed E-state index contributed by atoms with van der Waals surface area (Å²) in [5.41, 5.74) is 0. The minimum Gasteiger partial charge on any atom is -0.303 e. The van der Waals surface area contributed by atoms with Gasteiger partial charge in [-0.2, -0.15) is 11.8 Å². The molecule has 0 aliphatic carbocycles. The fraction of sp³-hybridized carbons (Fsp3) is 1.00. The van der Waals surface area contributed by atoms with E-state index in [0.717, 1.165) is 11.4 Å². The van der Waals surface area contributed by atoms with E-state index in [-0.39, 0.29) is 0 Å². The highest BCUT2D eigenvalue weighted by atomic mass is 79.9. The summed E-state index contributed by atoms with van der Waals surface area (Å²) in [4.78, 5) is 2.46. The molecule has 1 unspecified atom stereocenters. The molecule has 0 rings (SSSR count). The van der Waals surface area contributed by atoms with Crippen molar-refractivity contribution in [3.05, 3.63) is 0 Å². The fourth-order valence-electron chi connectivity index (χ4n) is 1.22. The molecule has 0 amide bonds. The maximum Gasteiger partial charge on any atom is 0.0154 e. The van der Waals surface area contributed by atoms with Gasteiger partial charge in [0.15, 0.2) is 0 Å². The van der Waals surface area contributed by atoms with Gasteiger partial charge in [0, 0.05) is 17.1 Å². The quantitative estimate of drug-likeness (QED) is 0.491. The third kappa shape index (κ3) is 7.83. The zero-order valence-electron chi connectivity index (χ0n) is 9.05. The monoisotopic (exact) mass is 267 g/mol. The number of rotatable bonds is 8. The smallest absolute Gasteiger partial charge is 0.0154 e. The van der Waals surface area contributed by atoms with Crippen LogP contribution in [0.3, 0.4) is 0 Å². The average molecular weight is 268 g/mol. The molecule has 0 saturated carbocycles. The predicted octanol–water partition coefficient (Wildman–Crippen LogP) is 3.23. The molecule has 80 valence electrons. The van der Waals surface area contributed by atoms with Gasteiger partial charge in [-0.3, -0.25) is 0 Å². The number of hydrogen-bond donors (Lipinski definition) is 0. The van der Waals surface area contributed by atoms with Crippen LogP contribution in [-0.2, 0) is 0 Å². The summed E-state index contributed by atoms with van der Waals surface area (Å²) in [6.45, 7) is 3.55. The van der Waals surface area contributed by atoms with Gasteiger partial charge < -0.3 is 4.90 Å². The van der Waals surface area contributed by atoms with E-state index >= 15 is 0 Å². The van der Waals surface area contributed by atoms with Crippen LogP contribution < -0.4 is 0 Å². The third-order valence-corrected chi connectivity index (χ3v) is 3.68. The largest absolute Gasteiger partial charge is 0.303 e. The molecule has 0 radical (unpaired) electrons. The molecule has 1 atom stereocenters. The minimum absolute atomic E-state index is 0.721. The van der Waals surface area contributed by atoms with E-state index in [1.54, 1.807) is 0 Å². The molecule has 0 bridgehead atoms. The first kappa shape index (κ1) is 13.8. The Morgan fingerprint density at radius 2 is 2.00 bits per heavy atom. The molecule has 0 heterocycles. The van der Waals surface area contributed by atoms with E-state index in [2.05, 4.69) is 41.1 Å². The third-order valence-electron chi connectivity index (χ3n) is 2.30. The molecule has 0 N–H and O–H groups in total. The average Bonchev–Trinajstić information content (AvgIpc) is 2.12. The summed E-state index contributed by atoms with van der Waals surface area (Å²) in [6, 6.07) is 0.721. The normalized spacial score (nSPS) is 13.6. The van der Waals surface area contributed by atoms with Gasteiger partial charge in [0.1, 0.15) is 0 Å². The van der Waals surface area contributed by atoms with Gasteiger partial charge in [-0.05, 0) is 39.6 Å². The van der Waals surface area contributed by atoms with Crippen molar-refractivity contribution in [3.63, 3.8) is 0 Å². The van der Waals surface area contributed by atoms with E-state index < -0.39 is 0 Å². The Morgan fingerprint density at radius 1 is 1.31 bits per heavy atom. The zero-order valence-corrected chi connectivity index (χ0v) is 11.5. The van der Waals surface area contributed by atoms with Crippen LogP contribution in [0.2, 0.25) is 0 Å². The van der Waals surface area contributed by atoms with Crippen LogP contribution in [0.25, 0.3) is 0 Å². The van der Waals surface area contributed by atoms with Crippen molar-refractivity contribution in [2.75, 3.05) is 30.9 Å². The molecule has 13 heavy (non-hydrogen) atoms.